The molecule has 2 aromatic rings. The Labute approximate surface area is 123 Å². The van der Waals surface area contributed by atoms with Crippen LogP contribution < -0.4 is 5.73 Å². The molecule has 0 spiro atoms. The van der Waals surface area contributed by atoms with E-state index in [1.807, 2.05) is 43.3 Å². The van der Waals surface area contributed by atoms with Crippen molar-refractivity contribution in [3.05, 3.63) is 59.2 Å². The van der Waals surface area contributed by atoms with Crippen molar-refractivity contribution >= 4 is 23.4 Å². The Kier molecular flexibility index (Phi) is 4.69. The van der Waals surface area contributed by atoms with Crippen molar-refractivity contribution < 1.29 is 9.53 Å². The number of nitrogens with two attached hydrogens (primary N) is 1. The molecular weight excluding hydrogens is 270 g/mol. The predicted molar refractivity (Wildman–Crippen MR) is 82.9 cm³/mol. The first-order valence-electron chi connectivity index (χ1n) is 6.26. The molecule has 0 atom stereocenters. The SMILES string of the molecule is COC(=O)c1cccc(CSc2ccc(C)cc2N)c1. The lowest BCUT2D eigenvalue weighted by atomic mass is 10.1. The van der Waals surface area contributed by atoms with Crippen LogP contribution >= 0.6 is 11.8 Å². The van der Waals surface area contributed by atoms with E-state index in [-0.39, 0.29) is 5.97 Å². The maximum atomic E-state index is 11.5. The van der Waals surface area contributed by atoms with Gasteiger partial charge in [0, 0.05) is 16.3 Å². The van der Waals surface area contributed by atoms with E-state index >= 15 is 0 Å². The summed E-state index contributed by atoms with van der Waals surface area (Å²) in [4.78, 5) is 12.5. The molecule has 0 radical (unpaired) electrons. The van der Waals surface area contributed by atoms with Crippen LogP contribution in [0.1, 0.15) is 21.5 Å². The van der Waals surface area contributed by atoms with Crippen LogP contribution in [0.3, 0.4) is 0 Å². The maximum absolute atomic E-state index is 11.5. The van der Waals surface area contributed by atoms with Crippen molar-refractivity contribution in [1.29, 1.82) is 0 Å². The van der Waals surface area contributed by atoms with E-state index in [9.17, 15) is 4.79 Å². The number of methoxy groups -OCH3 is 1. The van der Waals surface area contributed by atoms with Crippen LogP contribution in [-0.4, -0.2) is 13.1 Å². The summed E-state index contributed by atoms with van der Waals surface area (Å²) in [6.45, 7) is 2.02. The molecule has 0 saturated heterocycles. The third-order valence-electron chi connectivity index (χ3n) is 2.91. The average Bonchev–Trinajstić information content (AvgIpc) is 2.46. The minimum atomic E-state index is -0.313. The molecule has 0 aliphatic carbocycles. The molecule has 4 heteroatoms. The second-order valence-electron chi connectivity index (χ2n) is 4.52. The lowest BCUT2D eigenvalue weighted by Gasteiger charge is -2.07. The first kappa shape index (κ1) is 14.5. The molecule has 0 aliphatic rings. The fourth-order valence-corrected chi connectivity index (χ4v) is 2.76. The summed E-state index contributed by atoms with van der Waals surface area (Å²) >= 11 is 1.66. The molecule has 0 amide bonds. The average molecular weight is 287 g/mol. The van der Waals surface area contributed by atoms with Gasteiger partial charge in [0.2, 0.25) is 0 Å². The van der Waals surface area contributed by atoms with Gasteiger partial charge in [-0.25, -0.2) is 4.79 Å². The van der Waals surface area contributed by atoms with Gasteiger partial charge in [-0.2, -0.15) is 0 Å². The number of nitrogen functional groups attached to an aromatic ring is 1. The topological polar surface area (TPSA) is 52.3 Å². The number of aryl methyl sites for hydroxylation is 1. The molecule has 0 saturated carbocycles. The van der Waals surface area contributed by atoms with Gasteiger partial charge in [0.15, 0.2) is 0 Å². The van der Waals surface area contributed by atoms with Crippen molar-refractivity contribution in [2.45, 2.75) is 17.6 Å². The van der Waals surface area contributed by atoms with Crippen LogP contribution in [-0.2, 0) is 10.5 Å². The molecule has 0 unspecified atom stereocenters. The molecule has 2 N–H and O–H groups in total. The highest BCUT2D eigenvalue weighted by atomic mass is 32.2. The molecule has 3 nitrogen and oxygen atoms in total. The van der Waals surface area contributed by atoms with Gasteiger partial charge in [-0.3, -0.25) is 0 Å². The van der Waals surface area contributed by atoms with Crippen LogP contribution in [0.15, 0.2) is 47.4 Å². The predicted octanol–water partition coefficient (Wildman–Crippen LogP) is 3.66. The van der Waals surface area contributed by atoms with E-state index in [0.717, 1.165) is 27.5 Å². The Balaban J connectivity index is 2.09. The highest BCUT2D eigenvalue weighted by Gasteiger charge is 2.06. The molecule has 2 rings (SSSR count). The molecule has 20 heavy (non-hydrogen) atoms. The zero-order valence-corrected chi connectivity index (χ0v) is 12.4. The second-order valence-corrected chi connectivity index (χ2v) is 5.54. The number of carbonyl (C=O) groups is 1. The smallest absolute Gasteiger partial charge is 0.337 e. The van der Waals surface area contributed by atoms with Gasteiger partial charge < -0.3 is 10.5 Å². The van der Waals surface area contributed by atoms with Gasteiger partial charge in [-0.1, -0.05) is 18.2 Å². The number of hydrogen-bond donors (Lipinski definition) is 1. The minimum absolute atomic E-state index is 0.313. The van der Waals surface area contributed by atoms with Gasteiger partial charge in [0.1, 0.15) is 0 Å². The lowest BCUT2D eigenvalue weighted by molar-refractivity contribution is 0.0600. The van der Waals surface area contributed by atoms with Gasteiger partial charge in [-0.05, 0) is 42.3 Å². The molecule has 0 aromatic heterocycles. The number of carbonyl (C=O) groups excluding carboxylic acids is 1. The van der Waals surface area contributed by atoms with E-state index in [0.29, 0.717) is 5.56 Å². The summed E-state index contributed by atoms with van der Waals surface area (Å²) in [7, 11) is 1.39. The van der Waals surface area contributed by atoms with Gasteiger partial charge in [0.25, 0.3) is 0 Å². The molecule has 0 heterocycles. The first-order chi connectivity index (χ1) is 9.60. The lowest BCUT2D eigenvalue weighted by Crippen LogP contribution is -2.01. The van der Waals surface area contributed by atoms with Crippen LogP contribution in [0.2, 0.25) is 0 Å². The Morgan fingerprint density at radius 1 is 1.25 bits per heavy atom. The Morgan fingerprint density at radius 3 is 2.75 bits per heavy atom. The fourth-order valence-electron chi connectivity index (χ4n) is 1.87. The summed E-state index contributed by atoms with van der Waals surface area (Å²) in [5.74, 6) is 0.449. The van der Waals surface area contributed by atoms with Crippen molar-refractivity contribution in [2.24, 2.45) is 0 Å². The van der Waals surface area contributed by atoms with Gasteiger partial charge in [-0.15, -0.1) is 11.8 Å². The third kappa shape index (κ3) is 3.54. The minimum Gasteiger partial charge on any atom is -0.465 e. The van der Waals surface area contributed by atoms with Crippen molar-refractivity contribution in [3.8, 4) is 0 Å². The van der Waals surface area contributed by atoms with E-state index in [4.69, 9.17) is 10.5 Å². The standard InChI is InChI=1S/C16H17NO2S/c1-11-6-7-15(14(17)8-11)20-10-12-4-3-5-13(9-12)16(18)19-2/h3-9H,10,17H2,1-2H3. The number of rotatable bonds is 4. The number of thioether (sulfide) groups is 1. The third-order valence-corrected chi connectivity index (χ3v) is 4.07. The fraction of sp³-hybridized carbons (Fsp3) is 0.188. The van der Waals surface area contributed by atoms with Crippen molar-refractivity contribution in [1.82, 2.24) is 0 Å². The van der Waals surface area contributed by atoms with E-state index < -0.39 is 0 Å². The zero-order valence-electron chi connectivity index (χ0n) is 11.6. The highest BCUT2D eigenvalue weighted by Crippen LogP contribution is 2.29. The molecule has 2 aromatic carbocycles. The van der Waals surface area contributed by atoms with E-state index in [2.05, 4.69) is 0 Å². The number of ether oxygens (including phenoxy) is 1. The first-order valence-corrected chi connectivity index (χ1v) is 7.25. The zero-order chi connectivity index (χ0) is 14.5. The van der Waals surface area contributed by atoms with Crippen LogP contribution in [0.5, 0.6) is 0 Å². The van der Waals surface area contributed by atoms with Crippen molar-refractivity contribution in [2.75, 3.05) is 12.8 Å². The Bertz CT molecular complexity index is 626. The van der Waals surface area contributed by atoms with E-state index in [1.54, 1.807) is 17.8 Å². The van der Waals surface area contributed by atoms with E-state index in [1.165, 1.54) is 7.11 Å². The molecule has 0 bridgehead atoms. The summed E-state index contributed by atoms with van der Waals surface area (Å²) in [5.41, 5.74) is 9.57. The Hall–Kier alpha value is -1.94. The summed E-state index contributed by atoms with van der Waals surface area (Å²) in [6, 6.07) is 13.5. The highest BCUT2D eigenvalue weighted by molar-refractivity contribution is 7.98. The molecular formula is C16H17NO2S. The van der Waals surface area contributed by atoms with Gasteiger partial charge in [0.05, 0.1) is 12.7 Å². The monoisotopic (exact) mass is 287 g/mol. The largest absolute Gasteiger partial charge is 0.465 e. The van der Waals surface area contributed by atoms with Gasteiger partial charge >= 0.3 is 5.97 Å². The number of anilines is 1. The Morgan fingerprint density at radius 2 is 2.05 bits per heavy atom. The van der Waals surface area contributed by atoms with Crippen LogP contribution in [0.25, 0.3) is 0 Å². The second kappa shape index (κ2) is 6.48. The van der Waals surface area contributed by atoms with Crippen LogP contribution in [0.4, 0.5) is 5.69 Å². The summed E-state index contributed by atoms with van der Waals surface area (Å²) < 4.78 is 4.72. The summed E-state index contributed by atoms with van der Waals surface area (Å²) in [5, 5.41) is 0. The number of hydrogen-bond acceptors (Lipinski definition) is 4. The van der Waals surface area contributed by atoms with Crippen LogP contribution in [0, 0.1) is 6.92 Å². The number of esters is 1. The van der Waals surface area contributed by atoms with Crippen molar-refractivity contribution in [3.63, 3.8) is 0 Å². The maximum Gasteiger partial charge on any atom is 0.337 e. The number of benzene rings is 2. The molecule has 0 aliphatic heterocycles. The normalized spacial score (nSPS) is 10.3. The molecule has 104 valence electrons. The quantitative estimate of drug-likeness (QED) is 0.530. The summed E-state index contributed by atoms with van der Waals surface area (Å²) in [6.07, 6.45) is 0. The molecule has 0 fully saturated rings.